The summed E-state index contributed by atoms with van der Waals surface area (Å²) in [5.74, 6) is 0.174. The SMILES string of the molecule is CCC1(CCCCN2CC=C(c3cccc(Cl)c3)CC2)C(=O)Nc2ccccc21. The zero-order chi connectivity index (χ0) is 20.3. The van der Waals surface area contributed by atoms with Crippen molar-refractivity contribution in [3.63, 3.8) is 0 Å². The molecule has 1 amide bonds. The molecule has 1 atom stereocenters. The molecular weight excluding hydrogens is 380 g/mol. The third-order valence-corrected chi connectivity index (χ3v) is 6.78. The van der Waals surface area contributed by atoms with Crippen molar-refractivity contribution in [1.29, 1.82) is 0 Å². The largest absolute Gasteiger partial charge is 0.325 e. The van der Waals surface area contributed by atoms with Crippen molar-refractivity contribution in [3.05, 3.63) is 70.8 Å². The summed E-state index contributed by atoms with van der Waals surface area (Å²) in [4.78, 5) is 15.2. The highest BCUT2D eigenvalue weighted by molar-refractivity contribution is 6.30. The van der Waals surface area contributed by atoms with Gasteiger partial charge in [0.15, 0.2) is 0 Å². The summed E-state index contributed by atoms with van der Waals surface area (Å²) in [6.45, 7) is 5.29. The molecule has 29 heavy (non-hydrogen) atoms. The predicted molar refractivity (Wildman–Crippen MR) is 121 cm³/mol. The van der Waals surface area contributed by atoms with Crippen molar-refractivity contribution >= 4 is 28.8 Å². The van der Waals surface area contributed by atoms with Crippen LogP contribution in [0.4, 0.5) is 5.69 Å². The highest BCUT2D eigenvalue weighted by Gasteiger charge is 2.44. The van der Waals surface area contributed by atoms with Crippen LogP contribution in [-0.4, -0.2) is 30.4 Å². The Bertz CT molecular complexity index is 923. The van der Waals surface area contributed by atoms with Gasteiger partial charge in [-0.15, -0.1) is 0 Å². The van der Waals surface area contributed by atoms with E-state index in [2.05, 4.69) is 41.4 Å². The summed E-state index contributed by atoms with van der Waals surface area (Å²) in [5.41, 5.74) is 4.47. The van der Waals surface area contributed by atoms with E-state index in [0.29, 0.717) is 0 Å². The van der Waals surface area contributed by atoms with Crippen LogP contribution in [-0.2, 0) is 10.2 Å². The Morgan fingerprint density at radius 1 is 1.14 bits per heavy atom. The lowest BCUT2D eigenvalue weighted by atomic mass is 9.75. The number of para-hydroxylation sites is 1. The zero-order valence-electron chi connectivity index (χ0n) is 17.1. The van der Waals surface area contributed by atoms with E-state index in [4.69, 9.17) is 11.6 Å². The van der Waals surface area contributed by atoms with Gasteiger partial charge in [0, 0.05) is 23.8 Å². The van der Waals surface area contributed by atoms with Crippen LogP contribution in [0.15, 0.2) is 54.6 Å². The van der Waals surface area contributed by atoms with E-state index < -0.39 is 0 Å². The molecule has 0 radical (unpaired) electrons. The molecule has 4 rings (SSSR count). The fraction of sp³-hybridized carbons (Fsp3) is 0.400. The molecule has 2 aromatic carbocycles. The van der Waals surface area contributed by atoms with Crippen molar-refractivity contribution in [2.45, 2.75) is 44.4 Å². The third-order valence-electron chi connectivity index (χ3n) is 6.55. The summed E-state index contributed by atoms with van der Waals surface area (Å²) in [6, 6.07) is 16.3. The molecule has 1 unspecified atom stereocenters. The molecule has 4 heteroatoms. The van der Waals surface area contributed by atoms with Gasteiger partial charge in [0.25, 0.3) is 0 Å². The third kappa shape index (κ3) is 4.12. The van der Waals surface area contributed by atoms with Crippen LogP contribution >= 0.6 is 11.6 Å². The molecular formula is C25H29ClN2O. The van der Waals surface area contributed by atoms with Crippen LogP contribution < -0.4 is 5.32 Å². The molecule has 152 valence electrons. The first-order chi connectivity index (χ1) is 14.1. The Balaban J connectivity index is 1.30. The summed E-state index contributed by atoms with van der Waals surface area (Å²) < 4.78 is 0. The van der Waals surface area contributed by atoms with Crippen LogP contribution in [0.5, 0.6) is 0 Å². The number of anilines is 1. The van der Waals surface area contributed by atoms with Crippen molar-refractivity contribution in [1.82, 2.24) is 4.90 Å². The van der Waals surface area contributed by atoms with E-state index >= 15 is 0 Å². The molecule has 0 aliphatic carbocycles. The van der Waals surface area contributed by atoms with Gasteiger partial charge in [-0.2, -0.15) is 0 Å². The van der Waals surface area contributed by atoms with E-state index in [9.17, 15) is 4.79 Å². The zero-order valence-corrected chi connectivity index (χ0v) is 17.8. The molecule has 1 N–H and O–H groups in total. The van der Waals surface area contributed by atoms with Gasteiger partial charge in [0.1, 0.15) is 0 Å². The van der Waals surface area contributed by atoms with Gasteiger partial charge >= 0.3 is 0 Å². The van der Waals surface area contributed by atoms with E-state index in [-0.39, 0.29) is 11.3 Å². The smallest absolute Gasteiger partial charge is 0.235 e. The Morgan fingerprint density at radius 3 is 2.76 bits per heavy atom. The van der Waals surface area contributed by atoms with Gasteiger partial charge in [0.2, 0.25) is 5.91 Å². The Kier molecular flexibility index (Phi) is 6.07. The minimum atomic E-state index is -0.349. The van der Waals surface area contributed by atoms with Crippen molar-refractivity contribution in [2.24, 2.45) is 0 Å². The standard InChI is InChI=1S/C25H29ClN2O/c1-2-25(22-10-3-4-11-23(22)27-24(25)29)14-5-6-15-28-16-12-19(13-17-28)20-8-7-9-21(26)18-20/h3-4,7-12,18H,2,5-6,13-17H2,1H3,(H,27,29). The number of nitrogens with zero attached hydrogens (tertiary/aromatic N) is 1. The normalized spacial score (nSPS) is 21.6. The maximum atomic E-state index is 12.7. The first kappa shape index (κ1) is 20.2. The molecule has 3 nitrogen and oxygen atoms in total. The second-order valence-electron chi connectivity index (χ2n) is 8.18. The minimum Gasteiger partial charge on any atom is -0.325 e. The molecule has 0 aromatic heterocycles. The number of benzene rings is 2. The monoisotopic (exact) mass is 408 g/mol. The highest BCUT2D eigenvalue weighted by atomic mass is 35.5. The van der Waals surface area contributed by atoms with Crippen molar-refractivity contribution < 1.29 is 4.79 Å². The van der Waals surface area contributed by atoms with Gasteiger partial charge in [-0.25, -0.2) is 0 Å². The Morgan fingerprint density at radius 2 is 2.00 bits per heavy atom. The number of fused-ring (bicyclic) bond motifs is 1. The molecule has 2 aliphatic rings. The number of unbranched alkanes of at least 4 members (excludes halogenated alkanes) is 1. The number of nitrogens with one attached hydrogen (secondary N) is 1. The molecule has 0 fully saturated rings. The minimum absolute atomic E-state index is 0.174. The van der Waals surface area contributed by atoms with Crippen LogP contribution in [0.1, 0.15) is 50.2 Å². The maximum Gasteiger partial charge on any atom is 0.235 e. The summed E-state index contributed by atoms with van der Waals surface area (Å²) in [6.07, 6.45) is 7.36. The number of hydrogen-bond donors (Lipinski definition) is 1. The number of rotatable bonds is 7. The summed E-state index contributed by atoms with van der Waals surface area (Å²) >= 11 is 6.13. The molecule has 2 aromatic rings. The van der Waals surface area contributed by atoms with E-state index in [0.717, 1.165) is 62.4 Å². The van der Waals surface area contributed by atoms with Crippen molar-refractivity contribution in [3.8, 4) is 0 Å². The molecule has 0 saturated carbocycles. The summed E-state index contributed by atoms with van der Waals surface area (Å²) in [7, 11) is 0. The first-order valence-electron chi connectivity index (χ1n) is 10.7. The van der Waals surface area contributed by atoms with Gasteiger partial charge in [-0.1, -0.05) is 61.4 Å². The molecule has 0 spiro atoms. The Hall–Kier alpha value is -2.10. The van der Waals surface area contributed by atoms with E-state index in [1.54, 1.807) is 0 Å². The number of halogens is 1. The molecule has 2 heterocycles. The van der Waals surface area contributed by atoms with Crippen LogP contribution in [0, 0.1) is 0 Å². The number of carbonyl (C=O) groups is 1. The average molecular weight is 409 g/mol. The lowest BCUT2D eigenvalue weighted by Crippen LogP contribution is -2.34. The molecule has 2 aliphatic heterocycles. The van der Waals surface area contributed by atoms with E-state index in [1.165, 1.54) is 16.7 Å². The van der Waals surface area contributed by atoms with Gasteiger partial charge < -0.3 is 5.32 Å². The number of carbonyl (C=O) groups excluding carboxylic acids is 1. The second kappa shape index (κ2) is 8.73. The fourth-order valence-corrected chi connectivity index (χ4v) is 4.97. The van der Waals surface area contributed by atoms with Crippen LogP contribution in [0.3, 0.4) is 0 Å². The molecule has 0 bridgehead atoms. The summed E-state index contributed by atoms with van der Waals surface area (Å²) in [5, 5.41) is 3.89. The predicted octanol–water partition coefficient (Wildman–Crippen LogP) is 5.90. The van der Waals surface area contributed by atoms with Crippen LogP contribution in [0.25, 0.3) is 5.57 Å². The topological polar surface area (TPSA) is 32.3 Å². The second-order valence-corrected chi connectivity index (χ2v) is 8.62. The van der Waals surface area contributed by atoms with Gasteiger partial charge in [-0.05, 0) is 67.1 Å². The quantitative estimate of drug-likeness (QED) is 0.578. The number of hydrogen-bond acceptors (Lipinski definition) is 2. The highest BCUT2D eigenvalue weighted by Crippen LogP contribution is 2.43. The lowest BCUT2D eigenvalue weighted by Gasteiger charge is -2.28. The van der Waals surface area contributed by atoms with Gasteiger partial charge in [0.05, 0.1) is 5.41 Å². The Labute approximate surface area is 178 Å². The number of amides is 1. The fourth-order valence-electron chi connectivity index (χ4n) is 4.78. The van der Waals surface area contributed by atoms with Crippen LogP contribution in [0.2, 0.25) is 5.02 Å². The van der Waals surface area contributed by atoms with Gasteiger partial charge in [-0.3, -0.25) is 9.69 Å². The lowest BCUT2D eigenvalue weighted by molar-refractivity contribution is -0.121. The van der Waals surface area contributed by atoms with Crippen molar-refractivity contribution in [2.75, 3.05) is 25.0 Å². The van der Waals surface area contributed by atoms with E-state index in [1.807, 2.05) is 30.3 Å². The average Bonchev–Trinajstić information content (AvgIpc) is 3.03. The molecule has 0 saturated heterocycles. The maximum absolute atomic E-state index is 12.7. The first-order valence-corrected chi connectivity index (χ1v) is 11.1.